The zero-order valence-corrected chi connectivity index (χ0v) is 12.0. The van der Waals surface area contributed by atoms with Gasteiger partial charge in [0.15, 0.2) is 0 Å². The van der Waals surface area contributed by atoms with Crippen molar-refractivity contribution in [2.45, 2.75) is 12.5 Å². The Morgan fingerprint density at radius 3 is 2.52 bits per heavy atom. The first-order valence-corrected chi connectivity index (χ1v) is 7.13. The fraction of sp³-hybridized carbons (Fsp3) is 0.111. The van der Waals surface area contributed by atoms with Crippen molar-refractivity contribution in [1.29, 1.82) is 0 Å². The Labute approximate surface area is 127 Å². The van der Waals surface area contributed by atoms with Gasteiger partial charge in [0.1, 0.15) is 5.82 Å². The maximum Gasteiger partial charge on any atom is 0.142 e. The normalized spacial score (nSPS) is 12.5. The number of hydrogen-bond acceptors (Lipinski definition) is 1. The van der Waals surface area contributed by atoms with Crippen LogP contribution >= 0.6 is 11.6 Å². The van der Waals surface area contributed by atoms with E-state index in [1.54, 1.807) is 12.1 Å². The van der Waals surface area contributed by atoms with E-state index in [1.807, 2.05) is 42.5 Å². The fourth-order valence-corrected chi connectivity index (χ4v) is 2.82. The molecule has 0 heterocycles. The lowest BCUT2D eigenvalue weighted by molar-refractivity contribution is 0.178. The van der Waals surface area contributed by atoms with Crippen LogP contribution in [0, 0.1) is 5.82 Å². The summed E-state index contributed by atoms with van der Waals surface area (Å²) in [6.45, 7) is 0. The molecule has 1 unspecified atom stereocenters. The zero-order chi connectivity index (χ0) is 14.8. The summed E-state index contributed by atoms with van der Waals surface area (Å²) in [6.07, 6.45) is -0.441. The van der Waals surface area contributed by atoms with Gasteiger partial charge in [0, 0.05) is 12.0 Å². The highest BCUT2D eigenvalue weighted by molar-refractivity contribution is 6.31. The van der Waals surface area contributed by atoms with Crippen LogP contribution in [-0.4, -0.2) is 5.11 Å². The lowest BCUT2D eigenvalue weighted by atomic mass is 9.96. The minimum absolute atomic E-state index is 0.00904. The third-order valence-corrected chi connectivity index (χ3v) is 4.03. The van der Waals surface area contributed by atoms with Gasteiger partial charge in [-0.25, -0.2) is 4.39 Å². The molecule has 1 atom stereocenters. The van der Waals surface area contributed by atoms with Crippen LogP contribution in [0.4, 0.5) is 4.39 Å². The van der Waals surface area contributed by atoms with Crippen LogP contribution in [0.2, 0.25) is 5.02 Å². The second-order valence-electron chi connectivity index (χ2n) is 5.00. The predicted molar refractivity (Wildman–Crippen MR) is 84.0 cm³/mol. The molecule has 0 spiro atoms. The maximum atomic E-state index is 13.5. The van der Waals surface area contributed by atoms with E-state index in [-0.39, 0.29) is 5.02 Å². The number of halogens is 2. The molecule has 1 nitrogen and oxygen atoms in total. The molecule has 0 radical (unpaired) electrons. The molecule has 1 N–H and O–H groups in total. The summed E-state index contributed by atoms with van der Waals surface area (Å²) >= 11 is 5.94. The molecule has 0 amide bonds. The Bertz CT molecular complexity index is 780. The van der Waals surface area contributed by atoms with Crippen molar-refractivity contribution in [2.75, 3.05) is 0 Å². The molecule has 106 valence electrons. The summed E-state index contributed by atoms with van der Waals surface area (Å²) in [5, 5.41) is 12.6. The fourth-order valence-electron chi connectivity index (χ4n) is 2.57. The van der Waals surface area contributed by atoms with E-state index in [0.29, 0.717) is 12.0 Å². The number of aliphatic hydroxyl groups is 1. The highest BCUT2D eigenvalue weighted by Crippen LogP contribution is 2.29. The highest BCUT2D eigenvalue weighted by atomic mass is 35.5. The van der Waals surface area contributed by atoms with Gasteiger partial charge in [-0.3, -0.25) is 0 Å². The topological polar surface area (TPSA) is 20.2 Å². The molecular formula is C18H14ClFO. The summed E-state index contributed by atoms with van der Waals surface area (Å²) in [6, 6.07) is 18.4. The van der Waals surface area contributed by atoms with Crippen molar-refractivity contribution in [3.05, 3.63) is 82.6 Å². The number of rotatable bonds is 3. The second kappa shape index (κ2) is 5.84. The Morgan fingerprint density at radius 1 is 0.952 bits per heavy atom. The number of benzene rings is 3. The predicted octanol–water partition coefficient (Wildman–Crippen LogP) is 4.91. The van der Waals surface area contributed by atoms with E-state index in [1.165, 1.54) is 6.07 Å². The van der Waals surface area contributed by atoms with Gasteiger partial charge in [0.2, 0.25) is 0 Å². The highest BCUT2D eigenvalue weighted by Gasteiger charge is 2.15. The Hall–Kier alpha value is -1.90. The second-order valence-corrected chi connectivity index (χ2v) is 5.38. The monoisotopic (exact) mass is 300 g/mol. The molecule has 3 rings (SSSR count). The molecule has 0 bridgehead atoms. The minimum atomic E-state index is -0.834. The Kier molecular flexibility index (Phi) is 3.91. The van der Waals surface area contributed by atoms with E-state index in [4.69, 9.17) is 11.6 Å². The van der Waals surface area contributed by atoms with Crippen LogP contribution in [-0.2, 0) is 6.42 Å². The van der Waals surface area contributed by atoms with Crippen molar-refractivity contribution in [3.8, 4) is 0 Å². The third kappa shape index (κ3) is 2.78. The molecule has 0 fully saturated rings. The first-order chi connectivity index (χ1) is 10.2. The van der Waals surface area contributed by atoms with Gasteiger partial charge in [0.25, 0.3) is 0 Å². The molecule has 0 aliphatic rings. The quantitative estimate of drug-likeness (QED) is 0.729. The Balaban J connectivity index is 1.97. The maximum absolute atomic E-state index is 13.5. The summed E-state index contributed by atoms with van der Waals surface area (Å²) in [5.74, 6) is -0.508. The first-order valence-electron chi connectivity index (χ1n) is 6.75. The summed E-state index contributed by atoms with van der Waals surface area (Å²) in [4.78, 5) is 0. The van der Waals surface area contributed by atoms with Gasteiger partial charge in [-0.05, 0) is 22.4 Å². The molecule has 3 heteroatoms. The van der Waals surface area contributed by atoms with Crippen molar-refractivity contribution >= 4 is 22.4 Å². The zero-order valence-electron chi connectivity index (χ0n) is 11.3. The summed E-state index contributed by atoms with van der Waals surface area (Å²) < 4.78 is 13.5. The van der Waals surface area contributed by atoms with E-state index < -0.39 is 11.9 Å². The van der Waals surface area contributed by atoms with E-state index in [2.05, 4.69) is 0 Å². The number of hydrogen-bond donors (Lipinski definition) is 1. The van der Waals surface area contributed by atoms with E-state index in [0.717, 1.165) is 16.3 Å². The van der Waals surface area contributed by atoms with Crippen molar-refractivity contribution < 1.29 is 9.50 Å². The van der Waals surface area contributed by atoms with E-state index in [9.17, 15) is 9.50 Å². The average Bonchev–Trinajstić information content (AvgIpc) is 2.50. The largest absolute Gasteiger partial charge is 0.388 e. The van der Waals surface area contributed by atoms with Crippen LogP contribution < -0.4 is 0 Å². The van der Waals surface area contributed by atoms with Crippen molar-refractivity contribution in [3.63, 3.8) is 0 Å². The first kappa shape index (κ1) is 14.1. The molecule has 3 aromatic rings. The van der Waals surface area contributed by atoms with Gasteiger partial charge in [-0.2, -0.15) is 0 Å². The van der Waals surface area contributed by atoms with Crippen LogP contribution in [0.25, 0.3) is 10.8 Å². The van der Waals surface area contributed by atoms with Crippen molar-refractivity contribution in [1.82, 2.24) is 0 Å². The smallest absolute Gasteiger partial charge is 0.142 e. The van der Waals surface area contributed by atoms with Crippen LogP contribution in [0.5, 0.6) is 0 Å². The molecule has 0 saturated heterocycles. The molecule has 3 aromatic carbocycles. The van der Waals surface area contributed by atoms with Gasteiger partial charge in [-0.1, -0.05) is 66.2 Å². The van der Waals surface area contributed by atoms with Gasteiger partial charge in [0.05, 0.1) is 11.1 Å². The summed E-state index contributed by atoms with van der Waals surface area (Å²) in [7, 11) is 0. The minimum Gasteiger partial charge on any atom is -0.388 e. The molecule has 0 aromatic heterocycles. The lowest BCUT2D eigenvalue weighted by Gasteiger charge is -2.14. The molecular weight excluding hydrogens is 287 g/mol. The van der Waals surface area contributed by atoms with Gasteiger partial charge < -0.3 is 5.11 Å². The summed E-state index contributed by atoms with van der Waals surface area (Å²) in [5.41, 5.74) is 1.44. The SMILES string of the molecule is OC(Cc1cccc2ccccc12)c1cccc(F)c1Cl. The number of aliphatic hydroxyl groups excluding tert-OH is 1. The standard InChI is InChI=1S/C18H14ClFO/c19-18-15(9-4-10-16(18)20)17(21)11-13-7-3-6-12-5-1-2-8-14(12)13/h1-10,17,21H,11H2. The lowest BCUT2D eigenvalue weighted by Crippen LogP contribution is -2.04. The van der Waals surface area contributed by atoms with Gasteiger partial charge >= 0.3 is 0 Å². The molecule has 0 aliphatic heterocycles. The molecule has 0 aliphatic carbocycles. The van der Waals surface area contributed by atoms with Crippen LogP contribution in [0.15, 0.2) is 60.7 Å². The number of fused-ring (bicyclic) bond motifs is 1. The van der Waals surface area contributed by atoms with Crippen molar-refractivity contribution in [2.24, 2.45) is 0 Å². The van der Waals surface area contributed by atoms with Gasteiger partial charge in [-0.15, -0.1) is 0 Å². The molecule has 21 heavy (non-hydrogen) atoms. The average molecular weight is 301 g/mol. The third-order valence-electron chi connectivity index (χ3n) is 3.63. The van der Waals surface area contributed by atoms with Crippen LogP contribution in [0.1, 0.15) is 17.2 Å². The van der Waals surface area contributed by atoms with E-state index >= 15 is 0 Å². The Morgan fingerprint density at radius 2 is 1.67 bits per heavy atom. The van der Waals surface area contributed by atoms with Crippen LogP contribution in [0.3, 0.4) is 0 Å². The molecule has 0 saturated carbocycles.